The second-order valence-corrected chi connectivity index (χ2v) is 9.00. The van der Waals surface area contributed by atoms with Crippen LogP contribution in [-0.4, -0.2) is 64.2 Å². The lowest BCUT2D eigenvalue weighted by Gasteiger charge is -2.35. The van der Waals surface area contributed by atoms with Crippen molar-refractivity contribution in [1.29, 1.82) is 0 Å². The van der Waals surface area contributed by atoms with Gasteiger partial charge < -0.3 is 15.0 Å². The van der Waals surface area contributed by atoms with Crippen molar-refractivity contribution in [2.24, 2.45) is 0 Å². The van der Waals surface area contributed by atoms with Gasteiger partial charge in [0.05, 0.1) is 18.6 Å². The van der Waals surface area contributed by atoms with Crippen LogP contribution in [-0.2, 0) is 14.8 Å². The Kier molecular flexibility index (Phi) is 7.48. The molecular weight excluding hydrogens is 402 g/mol. The number of benzene rings is 2. The maximum Gasteiger partial charge on any atom is 0.244 e. The second kappa shape index (κ2) is 10.3. The molecule has 3 rings (SSSR count). The largest absolute Gasteiger partial charge is 0.495 e. The van der Waals surface area contributed by atoms with Crippen LogP contribution in [0.5, 0.6) is 5.75 Å². The molecule has 0 atom stereocenters. The van der Waals surface area contributed by atoms with Gasteiger partial charge in [0.2, 0.25) is 15.9 Å². The Labute approximate surface area is 178 Å². The van der Waals surface area contributed by atoms with Crippen LogP contribution in [0.15, 0.2) is 60.7 Å². The average Bonchev–Trinajstić information content (AvgIpc) is 2.78. The molecule has 1 saturated heterocycles. The molecule has 1 amide bonds. The van der Waals surface area contributed by atoms with Crippen LogP contribution in [0.25, 0.3) is 6.08 Å². The van der Waals surface area contributed by atoms with E-state index in [-0.39, 0.29) is 18.2 Å². The molecule has 0 aliphatic carbocycles. The van der Waals surface area contributed by atoms with E-state index in [0.717, 1.165) is 17.0 Å². The first-order valence-corrected chi connectivity index (χ1v) is 11.5. The van der Waals surface area contributed by atoms with Gasteiger partial charge in [-0.05, 0) is 23.8 Å². The maximum absolute atomic E-state index is 12.6. The minimum absolute atomic E-state index is 0.0764. The number of nitrogens with zero attached hydrogens (tertiary/aromatic N) is 2. The number of amides is 1. The number of sulfonamides is 1. The number of ether oxygens (including phenoxy) is 1. The summed E-state index contributed by atoms with van der Waals surface area (Å²) < 4.78 is 32.1. The number of carbonyl (C=O) groups is 1. The zero-order chi connectivity index (χ0) is 21.4. The van der Waals surface area contributed by atoms with E-state index in [1.54, 1.807) is 13.2 Å². The monoisotopic (exact) mass is 429 g/mol. The van der Waals surface area contributed by atoms with Crippen molar-refractivity contribution in [2.75, 3.05) is 50.5 Å². The summed E-state index contributed by atoms with van der Waals surface area (Å²) in [7, 11) is -1.80. The number of piperazine rings is 1. The van der Waals surface area contributed by atoms with Crippen molar-refractivity contribution in [3.8, 4) is 5.75 Å². The van der Waals surface area contributed by atoms with E-state index in [1.165, 1.54) is 10.4 Å². The van der Waals surface area contributed by atoms with Gasteiger partial charge in [0, 0.05) is 38.8 Å². The number of carbonyl (C=O) groups excluding carboxylic acids is 1. The summed E-state index contributed by atoms with van der Waals surface area (Å²) in [6, 6.07) is 17.2. The highest BCUT2D eigenvalue weighted by Crippen LogP contribution is 2.28. The van der Waals surface area contributed by atoms with E-state index in [2.05, 4.69) is 10.2 Å². The molecule has 0 aromatic heterocycles. The van der Waals surface area contributed by atoms with Crippen LogP contribution in [0.4, 0.5) is 5.69 Å². The molecule has 1 aliphatic heterocycles. The van der Waals surface area contributed by atoms with Gasteiger partial charge in [-0.3, -0.25) is 4.79 Å². The number of hydrogen-bond donors (Lipinski definition) is 1. The van der Waals surface area contributed by atoms with Gasteiger partial charge in [0.25, 0.3) is 0 Å². The Hall–Kier alpha value is -2.84. The van der Waals surface area contributed by atoms with Gasteiger partial charge in [0.1, 0.15) is 5.75 Å². The van der Waals surface area contributed by atoms with Gasteiger partial charge in [-0.15, -0.1) is 0 Å². The highest BCUT2D eigenvalue weighted by molar-refractivity contribution is 7.89. The summed E-state index contributed by atoms with van der Waals surface area (Å²) >= 11 is 0. The van der Waals surface area contributed by atoms with Crippen LogP contribution in [0.2, 0.25) is 0 Å². The Balaban J connectivity index is 1.46. The van der Waals surface area contributed by atoms with Gasteiger partial charge >= 0.3 is 0 Å². The minimum Gasteiger partial charge on any atom is -0.495 e. The van der Waals surface area contributed by atoms with E-state index in [9.17, 15) is 13.2 Å². The molecule has 0 unspecified atom stereocenters. The third-order valence-electron chi connectivity index (χ3n) is 4.94. The third kappa shape index (κ3) is 5.84. The number of anilines is 1. The topological polar surface area (TPSA) is 79.0 Å². The lowest BCUT2D eigenvalue weighted by atomic mass is 10.2. The predicted octanol–water partition coefficient (Wildman–Crippen LogP) is 1.98. The molecule has 1 heterocycles. The number of methoxy groups -OCH3 is 1. The summed E-state index contributed by atoms with van der Waals surface area (Å²) in [5.74, 6) is 0.349. The van der Waals surface area contributed by atoms with Crippen molar-refractivity contribution in [2.45, 2.75) is 0 Å². The van der Waals surface area contributed by atoms with Crippen molar-refractivity contribution in [3.05, 3.63) is 66.2 Å². The SMILES string of the molecule is COc1ccccc1N1CCN(S(=O)(=O)CCNC(=O)/C=C/c2ccccc2)CC1. The summed E-state index contributed by atoms with van der Waals surface area (Å²) in [5.41, 5.74) is 1.88. The molecule has 1 aliphatic rings. The first-order chi connectivity index (χ1) is 14.5. The van der Waals surface area contributed by atoms with Crippen molar-refractivity contribution >= 4 is 27.7 Å². The number of rotatable bonds is 8. The molecule has 0 radical (unpaired) electrons. The van der Waals surface area contributed by atoms with Crippen LogP contribution in [0.1, 0.15) is 5.56 Å². The number of hydrogen-bond acceptors (Lipinski definition) is 5. The number of para-hydroxylation sites is 2. The maximum atomic E-state index is 12.6. The molecule has 30 heavy (non-hydrogen) atoms. The highest BCUT2D eigenvalue weighted by atomic mass is 32.2. The first-order valence-electron chi connectivity index (χ1n) is 9.86. The second-order valence-electron chi connectivity index (χ2n) is 6.91. The molecule has 0 saturated carbocycles. The minimum atomic E-state index is -3.43. The van der Waals surface area contributed by atoms with Crippen molar-refractivity contribution in [3.63, 3.8) is 0 Å². The molecule has 8 heteroatoms. The Bertz CT molecular complexity index is 969. The molecule has 7 nitrogen and oxygen atoms in total. The summed E-state index contributed by atoms with van der Waals surface area (Å²) in [5, 5.41) is 2.64. The van der Waals surface area contributed by atoms with Crippen LogP contribution in [0.3, 0.4) is 0 Å². The van der Waals surface area contributed by atoms with Crippen LogP contribution >= 0.6 is 0 Å². The van der Waals surface area contributed by atoms with Crippen LogP contribution < -0.4 is 15.0 Å². The van der Waals surface area contributed by atoms with E-state index in [1.807, 2.05) is 54.6 Å². The molecule has 1 N–H and O–H groups in total. The molecule has 2 aromatic carbocycles. The van der Waals surface area contributed by atoms with Gasteiger partial charge in [0.15, 0.2) is 0 Å². The zero-order valence-electron chi connectivity index (χ0n) is 17.0. The Morgan fingerprint density at radius 2 is 1.70 bits per heavy atom. The fraction of sp³-hybridized carbons (Fsp3) is 0.318. The molecule has 1 fully saturated rings. The summed E-state index contributed by atoms with van der Waals surface area (Å²) in [6.45, 7) is 2.06. The molecular formula is C22H27N3O4S. The van der Waals surface area contributed by atoms with E-state index >= 15 is 0 Å². The lowest BCUT2D eigenvalue weighted by molar-refractivity contribution is -0.116. The van der Waals surface area contributed by atoms with Crippen molar-refractivity contribution < 1.29 is 17.9 Å². The predicted molar refractivity (Wildman–Crippen MR) is 119 cm³/mol. The molecule has 160 valence electrons. The normalized spacial score (nSPS) is 15.3. The average molecular weight is 430 g/mol. The van der Waals surface area contributed by atoms with E-state index in [4.69, 9.17) is 4.74 Å². The zero-order valence-corrected chi connectivity index (χ0v) is 17.8. The summed E-state index contributed by atoms with van der Waals surface area (Å²) in [4.78, 5) is 14.0. The summed E-state index contributed by atoms with van der Waals surface area (Å²) in [6.07, 6.45) is 3.11. The van der Waals surface area contributed by atoms with E-state index < -0.39 is 10.0 Å². The first kappa shape index (κ1) is 21.9. The smallest absolute Gasteiger partial charge is 0.244 e. The Morgan fingerprint density at radius 3 is 2.40 bits per heavy atom. The van der Waals surface area contributed by atoms with Crippen molar-refractivity contribution in [1.82, 2.24) is 9.62 Å². The quantitative estimate of drug-likeness (QED) is 0.649. The molecule has 0 spiro atoms. The standard InChI is InChI=1S/C22H27N3O4S/c1-29-21-10-6-5-9-20(21)24-14-16-25(17-15-24)30(27,28)18-13-23-22(26)12-11-19-7-3-2-4-8-19/h2-12H,13-18H2,1H3,(H,23,26)/b12-11+. The van der Waals surface area contributed by atoms with Gasteiger partial charge in [-0.1, -0.05) is 42.5 Å². The van der Waals surface area contributed by atoms with Gasteiger partial charge in [-0.25, -0.2) is 8.42 Å². The fourth-order valence-electron chi connectivity index (χ4n) is 3.33. The molecule has 0 bridgehead atoms. The van der Waals surface area contributed by atoms with Gasteiger partial charge in [-0.2, -0.15) is 4.31 Å². The highest BCUT2D eigenvalue weighted by Gasteiger charge is 2.27. The third-order valence-corrected chi connectivity index (χ3v) is 6.82. The van der Waals surface area contributed by atoms with E-state index in [0.29, 0.717) is 26.2 Å². The van der Waals surface area contributed by atoms with Crippen LogP contribution in [0, 0.1) is 0 Å². The fourth-order valence-corrected chi connectivity index (χ4v) is 4.66. The Morgan fingerprint density at radius 1 is 1.03 bits per heavy atom. The lowest BCUT2D eigenvalue weighted by Crippen LogP contribution is -2.50. The molecule has 2 aromatic rings. The number of nitrogens with one attached hydrogen (secondary N) is 1.